The Bertz CT molecular complexity index is 325. The molecule has 0 saturated carbocycles. The number of hydrogen-bond acceptors (Lipinski definition) is 4. The molecule has 0 aromatic heterocycles. The lowest BCUT2D eigenvalue weighted by Gasteiger charge is -2.15. The van der Waals surface area contributed by atoms with E-state index in [1.807, 2.05) is 6.92 Å². The lowest BCUT2D eigenvalue weighted by Crippen LogP contribution is -2.16. The average molecular weight is 197 g/mol. The Hall–Kier alpha value is -1.26. The van der Waals surface area contributed by atoms with E-state index >= 15 is 0 Å². The minimum absolute atomic E-state index is 0.00838. The van der Waals surface area contributed by atoms with E-state index in [2.05, 4.69) is 0 Å². The van der Waals surface area contributed by atoms with Gasteiger partial charge < -0.3 is 20.7 Å². The van der Waals surface area contributed by atoms with Gasteiger partial charge in [0.2, 0.25) is 0 Å². The summed E-state index contributed by atoms with van der Waals surface area (Å²) in [6.45, 7) is 1.62. The summed E-state index contributed by atoms with van der Waals surface area (Å²) in [5.41, 5.74) is 7.03. The highest BCUT2D eigenvalue weighted by atomic mass is 16.5. The zero-order valence-corrected chi connectivity index (χ0v) is 8.32. The molecule has 14 heavy (non-hydrogen) atoms. The Labute approximate surface area is 82.9 Å². The van der Waals surface area contributed by atoms with Gasteiger partial charge in [-0.1, -0.05) is 6.07 Å². The second-order valence-corrected chi connectivity index (χ2v) is 3.14. The zero-order chi connectivity index (χ0) is 10.7. The fourth-order valence-electron chi connectivity index (χ4n) is 1.41. The Morgan fingerprint density at radius 1 is 1.50 bits per heavy atom. The molecule has 0 spiro atoms. The minimum Gasteiger partial charge on any atom is -0.504 e. The molecular weight excluding hydrogens is 182 g/mol. The third-order valence-electron chi connectivity index (χ3n) is 2.19. The number of rotatable bonds is 3. The fourth-order valence-corrected chi connectivity index (χ4v) is 1.41. The molecular formula is C10H15NO3. The van der Waals surface area contributed by atoms with E-state index in [0.717, 1.165) is 5.56 Å². The number of phenolic OH excluding ortho intramolecular Hbond substituents is 1. The largest absolute Gasteiger partial charge is 0.504 e. The normalized spacial score (nSPS) is 12.6. The molecule has 4 heteroatoms. The van der Waals surface area contributed by atoms with Gasteiger partial charge in [-0.2, -0.15) is 0 Å². The highest BCUT2D eigenvalue weighted by Gasteiger charge is 2.16. The molecule has 0 fully saturated rings. The number of aliphatic hydroxyl groups is 1. The molecule has 0 amide bonds. The first-order valence-electron chi connectivity index (χ1n) is 4.34. The average Bonchev–Trinajstić information content (AvgIpc) is 2.18. The molecule has 0 aliphatic rings. The molecule has 4 N–H and O–H groups in total. The number of phenols is 1. The monoisotopic (exact) mass is 197 g/mol. The van der Waals surface area contributed by atoms with Crippen molar-refractivity contribution in [3.05, 3.63) is 23.3 Å². The van der Waals surface area contributed by atoms with Crippen LogP contribution in [0.3, 0.4) is 0 Å². The molecule has 0 heterocycles. The van der Waals surface area contributed by atoms with Gasteiger partial charge in [0.15, 0.2) is 11.5 Å². The van der Waals surface area contributed by atoms with Crippen LogP contribution < -0.4 is 10.5 Å². The van der Waals surface area contributed by atoms with Crippen molar-refractivity contribution in [3.63, 3.8) is 0 Å². The van der Waals surface area contributed by atoms with E-state index in [1.165, 1.54) is 7.11 Å². The summed E-state index contributed by atoms with van der Waals surface area (Å²) in [7, 11) is 1.47. The summed E-state index contributed by atoms with van der Waals surface area (Å²) >= 11 is 0. The van der Waals surface area contributed by atoms with Crippen molar-refractivity contribution in [2.24, 2.45) is 5.73 Å². The van der Waals surface area contributed by atoms with E-state index in [9.17, 15) is 5.11 Å². The lowest BCUT2D eigenvalue weighted by molar-refractivity contribution is 0.263. The van der Waals surface area contributed by atoms with Gasteiger partial charge in [-0.15, -0.1) is 0 Å². The van der Waals surface area contributed by atoms with Crippen molar-refractivity contribution in [1.82, 2.24) is 0 Å². The predicted octanol–water partition coefficient (Wildman–Crippen LogP) is 0.701. The van der Waals surface area contributed by atoms with Gasteiger partial charge in [-0.05, 0) is 18.6 Å². The molecule has 78 valence electrons. The standard InChI is InChI=1S/C10H15NO3/c1-6-3-4-8(14-2)10(13)9(6)7(11)5-12/h3-4,7,12-13H,5,11H2,1-2H3/t7-/m1/s1. The first-order chi connectivity index (χ1) is 6.61. The van der Waals surface area contributed by atoms with Crippen LogP contribution in [-0.4, -0.2) is 23.9 Å². The summed E-state index contributed by atoms with van der Waals surface area (Å²) in [6.07, 6.45) is 0. The summed E-state index contributed by atoms with van der Waals surface area (Å²) in [5, 5.41) is 18.7. The van der Waals surface area contributed by atoms with Crippen LogP contribution in [0.5, 0.6) is 11.5 Å². The van der Waals surface area contributed by atoms with E-state index in [1.54, 1.807) is 12.1 Å². The zero-order valence-electron chi connectivity index (χ0n) is 8.32. The number of aromatic hydroxyl groups is 1. The van der Waals surface area contributed by atoms with Gasteiger partial charge in [0.05, 0.1) is 19.8 Å². The molecule has 1 aromatic carbocycles. The van der Waals surface area contributed by atoms with Crippen LogP contribution in [0, 0.1) is 6.92 Å². The van der Waals surface area contributed by atoms with Crippen LogP contribution in [0.4, 0.5) is 0 Å². The number of aliphatic hydroxyl groups excluding tert-OH is 1. The molecule has 0 bridgehead atoms. The highest BCUT2D eigenvalue weighted by molar-refractivity contribution is 5.50. The molecule has 1 aromatic rings. The number of hydrogen-bond donors (Lipinski definition) is 3. The maximum atomic E-state index is 9.76. The Kier molecular flexibility index (Phi) is 3.33. The number of ether oxygens (including phenoxy) is 1. The molecule has 0 unspecified atom stereocenters. The van der Waals surface area contributed by atoms with Gasteiger partial charge in [0.25, 0.3) is 0 Å². The lowest BCUT2D eigenvalue weighted by atomic mass is 10.0. The topological polar surface area (TPSA) is 75.7 Å². The SMILES string of the molecule is COc1ccc(C)c([C@H](N)CO)c1O. The van der Waals surface area contributed by atoms with Crippen LogP contribution in [0.15, 0.2) is 12.1 Å². The first-order valence-corrected chi connectivity index (χ1v) is 4.34. The minimum atomic E-state index is -0.579. The smallest absolute Gasteiger partial charge is 0.162 e. The maximum Gasteiger partial charge on any atom is 0.162 e. The molecule has 4 nitrogen and oxygen atoms in total. The number of nitrogens with two attached hydrogens (primary N) is 1. The van der Waals surface area contributed by atoms with Crippen LogP contribution in [0.1, 0.15) is 17.2 Å². The van der Waals surface area contributed by atoms with Crippen molar-refractivity contribution in [2.75, 3.05) is 13.7 Å². The van der Waals surface area contributed by atoms with Crippen LogP contribution in [-0.2, 0) is 0 Å². The maximum absolute atomic E-state index is 9.76. The van der Waals surface area contributed by atoms with Crippen molar-refractivity contribution in [1.29, 1.82) is 0 Å². The van der Waals surface area contributed by atoms with Gasteiger partial charge in [0, 0.05) is 5.56 Å². The van der Waals surface area contributed by atoms with Crippen molar-refractivity contribution in [2.45, 2.75) is 13.0 Å². The van der Waals surface area contributed by atoms with E-state index < -0.39 is 6.04 Å². The van der Waals surface area contributed by atoms with Gasteiger partial charge in [-0.3, -0.25) is 0 Å². The molecule has 1 atom stereocenters. The molecule has 0 radical (unpaired) electrons. The van der Waals surface area contributed by atoms with E-state index in [-0.39, 0.29) is 12.4 Å². The van der Waals surface area contributed by atoms with Crippen LogP contribution in [0.2, 0.25) is 0 Å². The fraction of sp³-hybridized carbons (Fsp3) is 0.400. The van der Waals surface area contributed by atoms with Gasteiger partial charge >= 0.3 is 0 Å². The summed E-state index contributed by atoms with van der Waals surface area (Å²) in [4.78, 5) is 0. The number of methoxy groups -OCH3 is 1. The molecule has 1 rings (SSSR count). The summed E-state index contributed by atoms with van der Waals surface area (Å²) in [5.74, 6) is 0.378. The van der Waals surface area contributed by atoms with E-state index in [4.69, 9.17) is 15.6 Å². The number of benzene rings is 1. The second kappa shape index (κ2) is 4.30. The third-order valence-corrected chi connectivity index (χ3v) is 2.19. The van der Waals surface area contributed by atoms with Crippen molar-refractivity contribution < 1.29 is 14.9 Å². The van der Waals surface area contributed by atoms with Crippen molar-refractivity contribution >= 4 is 0 Å². The first kappa shape index (κ1) is 10.8. The van der Waals surface area contributed by atoms with Crippen molar-refractivity contribution in [3.8, 4) is 11.5 Å². The van der Waals surface area contributed by atoms with Gasteiger partial charge in [-0.25, -0.2) is 0 Å². The van der Waals surface area contributed by atoms with E-state index in [0.29, 0.717) is 11.3 Å². The summed E-state index contributed by atoms with van der Waals surface area (Å²) in [6, 6.07) is 2.88. The Balaban J connectivity index is 3.25. The Morgan fingerprint density at radius 3 is 2.64 bits per heavy atom. The molecule has 0 saturated heterocycles. The number of aryl methyl sites for hydroxylation is 1. The predicted molar refractivity (Wildman–Crippen MR) is 53.4 cm³/mol. The second-order valence-electron chi connectivity index (χ2n) is 3.14. The summed E-state index contributed by atoms with van der Waals surface area (Å²) < 4.78 is 4.95. The Morgan fingerprint density at radius 2 is 2.14 bits per heavy atom. The van der Waals surface area contributed by atoms with Crippen LogP contribution >= 0.6 is 0 Å². The third kappa shape index (κ3) is 1.81. The molecule has 0 aliphatic carbocycles. The molecule has 0 aliphatic heterocycles. The van der Waals surface area contributed by atoms with Gasteiger partial charge in [0.1, 0.15) is 0 Å². The van der Waals surface area contributed by atoms with Crippen LogP contribution in [0.25, 0.3) is 0 Å². The highest BCUT2D eigenvalue weighted by Crippen LogP contribution is 2.34. The quantitative estimate of drug-likeness (QED) is 0.666.